The summed E-state index contributed by atoms with van der Waals surface area (Å²) in [5, 5.41) is 5.00. The molecule has 9 rings (SSSR count). The van der Waals surface area contributed by atoms with E-state index in [1.165, 1.54) is 66.1 Å². The maximum Gasteiger partial charge on any atom is 0.0540 e. The highest BCUT2D eigenvalue weighted by molar-refractivity contribution is 6.22. The van der Waals surface area contributed by atoms with Crippen molar-refractivity contribution in [1.29, 1.82) is 0 Å². The zero-order chi connectivity index (χ0) is 34.0. The highest BCUT2D eigenvalue weighted by Crippen LogP contribution is 2.49. The number of nitrogens with zero attached hydrogens (tertiary/aromatic N) is 1. The summed E-state index contributed by atoms with van der Waals surface area (Å²) in [4.78, 5) is 2.41. The molecule has 1 heteroatoms. The number of rotatable bonds is 7. The van der Waals surface area contributed by atoms with Crippen LogP contribution in [0.4, 0.5) is 17.1 Å². The van der Waals surface area contributed by atoms with Gasteiger partial charge in [0.1, 0.15) is 0 Å². The molecule has 0 unspecified atom stereocenters. The van der Waals surface area contributed by atoms with E-state index in [1.54, 1.807) is 0 Å². The second kappa shape index (κ2) is 13.3. The fraction of sp³-hybridized carbons (Fsp3) is 0. The summed E-state index contributed by atoms with van der Waals surface area (Å²) in [7, 11) is 0. The maximum atomic E-state index is 2.41. The van der Waals surface area contributed by atoms with Crippen LogP contribution in [0.3, 0.4) is 0 Å². The minimum atomic E-state index is 1.10. The van der Waals surface area contributed by atoms with Crippen molar-refractivity contribution in [2.75, 3.05) is 4.90 Å². The lowest BCUT2D eigenvalue weighted by Crippen LogP contribution is -2.11. The van der Waals surface area contributed by atoms with Crippen LogP contribution in [0.25, 0.3) is 66.1 Å². The van der Waals surface area contributed by atoms with Gasteiger partial charge in [-0.3, -0.25) is 0 Å². The molecule has 0 atom stereocenters. The van der Waals surface area contributed by atoms with Gasteiger partial charge >= 0.3 is 0 Å². The Labute approximate surface area is 299 Å². The average Bonchev–Trinajstić information content (AvgIpc) is 3.22. The Balaban J connectivity index is 1.31. The number of anilines is 3. The molecule has 240 valence electrons. The summed E-state index contributed by atoms with van der Waals surface area (Å²) in [5.41, 5.74) is 13.0. The standard InChI is InChI=1S/C50H35N/c1-4-16-36(17-5-1)38-28-32-41(33-29-38)51(42-34-30-39(31-35-42)37-18-6-2-7-19-37)48-27-15-14-26-47(48)50-46-25-13-11-23-44(46)43-22-10-12-24-45(43)49(50)40-20-8-3-9-21-40/h1-35H. The fourth-order valence-corrected chi connectivity index (χ4v) is 7.50. The molecule has 0 aliphatic carbocycles. The third-order valence-corrected chi connectivity index (χ3v) is 9.87. The van der Waals surface area contributed by atoms with E-state index in [9.17, 15) is 0 Å². The Morgan fingerprint density at radius 3 is 1.08 bits per heavy atom. The first kappa shape index (κ1) is 30.4. The van der Waals surface area contributed by atoms with Crippen LogP contribution in [0, 0.1) is 0 Å². The van der Waals surface area contributed by atoms with Crippen LogP contribution in [-0.4, -0.2) is 0 Å². The van der Waals surface area contributed by atoms with Crippen molar-refractivity contribution in [2.45, 2.75) is 0 Å². The van der Waals surface area contributed by atoms with Crippen molar-refractivity contribution in [3.8, 4) is 44.5 Å². The van der Waals surface area contributed by atoms with Crippen LogP contribution >= 0.6 is 0 Å². The smallest absolute Gasteiger partial charge is 0.0540 e. The van der Waals surface area contributed by atoms with E-state index in [4.69, 9.17) is 0 Å². The molecule has 9 aromatic rings. The van der Waals surface area contributed by atoms with Gasteiger partial charge < -0.3 is 4.90 Å². The van der Waals surface area contributed by atoms with Gasteiger partial charge in [0.15, 0.2) is 0 Å². The van der Waals surface area contributed by atoms with E-state index in [1.807, 2.05) is 0 Å². The Kier molecular flexibility index (Phi) is 7.92. The summed E-state index contributed by atoms with van der Waals surface area (Å²) in [6.07, 6.45) is 0. The lowest BCUT2D eigenvalue weighted by Gasteiger charge is -2.29. The molecule has 0 aromatic heterocycles. The summed E-state index contributed by atoms with van der Waals surface area (Å²) in [5.74, 6) is 0. The van der Waals surface area contributed by atoms with Gasteiger partial charge in [0.25, 0.3) is 0 Å². The SMILES string of the molecule is c1ccc(-c2ccc(N(c3ccc(-c4ccccc4)cc3)c3ccccc3-c3c(-c4ccccc4)c4ccccc4c4ccccc34)cc2)cc1. The monoisotopic (exact) mass is 649 g/mol. The molecule has 0 saturated carbocycles. The number of fused-ring (bicyclic) bond motifs is 3. The molecule has 0 amide bonds. The molecule has 9 aromatic carbocycles. The second-order valence-corrected chi connectivity index (χ2v) is 12.9. The molecule has 51 heavy (non-hydrogen) atoms. The number of para-hydroxylation sites is 1. The van der Waals surface area contributed by atoms with Crippen molar-refractivity contribution >= 4 is 38.6 Å². The minimum Gasteiger partial charge on any atom is -0.310 e. The molecule has 0 bridgehead atoms. The molecule has 1 nitrogen and oxygen atoms in total. The zero-order valence-corrected chi connectivity index (χ0v) is 28.2. The third-order valence-electron chi connectivity index (χ3n) is 9.87. The molecule has 0 spiro atoms. The van der Waals surface area contributed by atoms with Gasteiger partial charge in [-0.2, -0.15) is 0 Å². The van der Waals surface area contributed by atoms with Crippen molar-refractivity contribution in [1.82, 2.24) is 0 Å². The minimum absolute atomic E-state index is 1.10. The predicted octanol–water partition coefficient (Wildman–Crippen LogP) is 14.1. The van der Waals surface area contributed by atoms with E-state index < -0.39 is 0 Å². The van der Waals surface area contributed by atoms with E-state index in [0.29, 0.717) is 0 Å². The van der Waals surface area contributed by atoms with Crippen molar-refractivity contribution < 1.29 is 0 Å². The molecular weight excluding hydrogens is 615 g/mol. The van der Waals surface area contributed by atoms with Gasteiger partial charge in [0, 0.05) is 22.5 Å². The summed E-state index contributed by atoms with van der Waals surface area (Å²) in [6, 6.07) is 76.6. The summed E-state index contributed by atoms with van der Waals surface area (Å²) in [6.45, 7) is 0. The van der Waals surface area contributed by atoms with Crippen molar-refractivity contribution in [3.05, 3.63) is 212 Å². The topological polar surface area (TPSA) is 3.24 Å². The van der Waals surface area contributed by atoms with Gasteiger partial charge in [-0.05, 0) is 85.3 Å². The normalized spacial score (nSPS) is 11.1. The fourth-order valence-electron chi connectivity index (χ4n) is 7.50. The Bertz CT molecular complexity index is 2510. The van der Waals surface area contributed by atoms with E-state index in [2.05, 4.69) is 217 Å². The Hall–Kier alpha value is -6.70. The van der Waals surface area contributed by atoms with Crippen molar-refractivity contribution in [2.24, 2.45) is 0 Å². The largest absolute Gasteiger partial charge is 0.310 e. The molecule has 0 aliphatic heterocycles. The maximum absolute atomic E-state index is 2.41. The Morgan fingerprint density at radius 1 is 0.235 bits per heavy atom. The molecule has 0 heterocycles. The highest BCUT2D eigenvalue weighted by atomic mass is 15.1. The van der Waals surface area contributed by atoms with Crippen LogP contribution in [-0.2, 0) is 0 Å². The van der Waals surface area contributed by atoms with Crippen LogP contribution in [0.2, 0.25) is 0 Å². The first-order chi connectivity index (χ1) is 25.3. The van der Waals surface area contributed by atoms with Crippen LogP contribution in [0.15, 0.2) is 212 Å². The predicted molar refractivity (Wildman–Crippen MR) is 218 cm³/mol. The first-order valence-corrected chi connectivity index (χ1v) is 17.5. The molecular formula is C50H35N. The first-order valence-electron chi connectivity index (χ1n) is 17.5. The van der Waals surface area contributed by atoms with Gasteiger partial charge in [-0.1, -0.05) is 182 Å². The van der Waals surface area contributed by atoms with E-state index in [-0.39, 0.29) is 0 Å². The van der Waals surface area contributed by atoms with Crippen LogP contribution < -0.4 is 4.90 Å². The lowest BCUT2D eigenvalue weighted by atomic mass is 9.84. The molecule has 0 fully saturated rings. The summed E-state index contributed by atoms with van der Waals surface area (Å²) >= 11 is 0. The quantitative estimate of drug-likeness (QED) is 0.155. The molecule has 0 N–H and O–H groups in total. The molecule has 0 radical (unpaired) electrons. The van der Waals surface area contributed by atoms with Crippen LogP contribution in [0.1, 0.15) is 0 Å². The van der Waals surface area contributed by atoms with Gasteiger partial charge in [-0.25, -0.2) is 0 Å². The van der Waals surface area contributed by atoms with E-state index in [0.717, 1.165) is 17.1 Å². The second-order valence-electron chi connectivity index (χ2n) is 12.9. The Morgan fingerprint density at radius 2 is 0.588 bits per heavy atom. The van der Waals surface area contributed by atoms with E-state index >= 15 is 0 Å². The molecule has 0 aliphatic rings. The number of hydrogen-bond donors (Lipinski definition) is 0. The average molecular weight is 650 g/mol. The molecule has 0 saturated heterocycles. The van der Waals surface area contributed by atoms with Gasteiger partial charge in [-0.15, -0.1) is 0 Å². The highest BCUT2D eigenvalue weighted by Gasteiger charge is 2.23. The van der Waals surface area contributed by atoms with Crippen LogP contribution in [0.5, 0.6) is 0 Å². The summed E-state index contributed by atoms with van der Waals surface area (Å²) < 4.78 is 0. The van der Waals surface area contributed by atoms with Gasteiger partial charge in [0.2, 0.25) is 0 Å². The third kappa shape index (κ3) is 5.65. The zero-order valence-electron chi connectivity index (χ0n) is 28.2. The lowest BCUT2D eigenvalue weighted by molar-refractivity contribution is 1.28. The van der Waals surface area contributed by atoms with Gasteiger partial charge in [0.05, 0.1) is 5.69 Å². The van der Waals surface area contributed by atoms with Crippen molar-refractivity contribution in [3.63, 3.8) is 0 Å². The number of hydrogen-bond acceptors (Lipinski definition) is 1. The number of benzene rings is 9.